The molecule has 0 bridgehead atoms. The molecule has 2 atom stereocenters. The summed E-state index contributed by atoms with van der Waals surface area (Å²) < 4.78 is 122. The van der Waals surface area contributed by atoms with Crippen molar-refractivity contribution in [1.29, 1.82) is 0 Å². The Morgan fingerprint density at radius 3 is 2.34 bits per heavy atom. The van der Waals surface area contributed by atoms with E-state index in [2.05, 4.69) is 15.5 Å². The molecule has 2 aliphatic rings. The number of alkyl halides is 6. The van der Waals surface area contributed by atoms with E-state index in [9.17, 15) is 31.1 Å². The number of thiazole rings is 1. The van der Waals surface area contributed by atoms with E-state index in [4.69, 9.17) is 14.3 Å². The van der Waals surface area contributed by atoms with E-state index >= 15 is 8.78 Å². The van der Waals surface area contributed by atoms with Gasteiger partial charge in [0.05, 0.1) is 34.7 Å². The number of oxime groups is 1. The molecule has 0 aliphatic carbocycles. The highest BCUT2D eigenvalue weighted by Gasteiger charge is 2.41. The van der Waals surface area contributed by atoms with Crippen LogP contribution in [0.4, 0.5) is 35.1 Å². The lowest BCUT2D eigenvalue weighted by atomic mass is 9.96. The average Bonchev–Trinajstić information content (AvgIpc) is 3.68. The number of amidine groups is 1. The Morgan fingerprint density at radius 2 is 1.79 bits per heavy atom. The predicted octanol–water partition coefficient (Wildman–Crippen LogP) is 7.23. The lowest BCUT2D eigenvalue weighted by Gasteiger charge is -2.32. The molecule has 5 rings (SSSR count). The number of carbonyl (C=O) groups is 1. The number of ether oxygens (including phenoxy) is 2. The summed E-state index contributed by atoms with van der Waals surface area (Å²) in [5.41, 5.74) is -0.355. The van der Waals surface area contributed by atoms with Crippen LogP contribution in [0.3, 0.4) is 0 Å². The van der Waals surface area contributed by atoms with Gasteiger partial charge in [0.2, 0.25) is 5.82 Å². The summed E-state index contributed by atoms with van der Waals surface area (Å²) in [4.78, 5) is 22.6. The maximum Gasteiger partial charge on any atom is 0.416 e. The number of halogens is 8. The fraction of sp³-hybridized carbons (Fsp3) is 0.433. The minimum absolute atomic E-state index is 0.0769. The fourth-order valence-corrected chi connectivity index (χ4v) is 6.49. The summed E-state index contributed by atoms with van der Waals surface area (Å²) >= 11 is 1.04. The van der Waals surface area contributed by atoms with Crippen LogP contribution < -0.4 is 14.8 Å². The molecule has 254 valence electrons. The van der Waals surface area contributed by atoms with Crippen LogP contribution in [0, 0.1) is 17.6 Å². The summed E-state index contributed by atoms with van der Waals surface area (Å²) in [6.45, 7) is 1.98. The average molecular weight is 693 g/mol. The van der Waals surface area contributed by atoms with E-state index in [0.29, 0.717) is 27.4 Å². The lowest BCUT2D eigenvalue weighted by Crippen LogP contribution is -2.38. The van der Waals surface area contributed by atoms with Crippen molar-refractivity contribution in [1.82, 2.24) is 15.2 Å². The molecule has 0 saturated carbocycles. The summed E-state index contributed by atoms with van der Waals surface area (Å²) in [6, 6.07) is 5.17. The monoisotopic (exact) mass is 692 g/mol. The molecule has 0 radical (unpaired) electrons. The van der Waals surface area contributed by atoms with Crippen LogP contribution in [0.1, 0.15) is 54.0 Å². The van der Waals surface area contributed by atoms with Gasteiger partial charge in [-0.15, -0.1) is 11.3 Å². The molecule has 1 aromatic heterocycles. The number of piperidine rings is 1. The maximum atomic E-state index is 15.8. The second-order valence-corrected chi connectivity index (χ2v) is 11.9. The van der Waals surface area contributed by atoms with Gasteiger partial charge in [0.25, 0.3) is 6.23 Å². The Bertz CT molecular complexity index is 1620. The van der Waals surface area contributed by atoms with E-state index in [1.807, 2.05) is 0 Å². The zero-order chi connectivity index (χ0) is 34.1. The molecule has 1 saturated heterocycles. The number of carbonyl (C=O) groups excluding carboxylic acids is 1. The number of nitrogens with one attached hydrogen (secondary N) is 1. The minimum Gasteiger partial charge on any atom is -0.493 e. The van der Waals surface area contributed by atoms with Crippen LogP contribution in [-0.2, 0) is 22.4 Å². The van der Waals surface area contributed by atoms with E-state index in [1.54, 1.807) is 11.8 Å². The maximum absolute atomic E-state index is 15.8. The number of nitrogens with zero attached hydrogens (tertiary/aromatic N) is 3. The summed E-state index contributed by atoms with van der Waals surface area (Å²) in [5, 5.41) is 6.45. The highest BCUT2D eigenvalue weighted by atomic mass is 32.1. The van der Waals surface area contributed by atoms with Crippen LogP contribution in [0.15, 0.2) is 35.5 Å². The van der Waals surface area contributed by atoms with Crippen molar-refractivity contribution >= 4 is 23.5 Å². The minimum atomic E-state index is -4.56. The number of benzene rings is 2. The van der Waals surface area contributed by atoms with Gasteiger partial charge in [0, 0.05) is 12.1 Å². The van der Waals surface area contributed by atoms with Gasteiger partial charge in [-0.1, -0.05) is 24.2 Å². The van der Waals surface area contributed by atoms with Gasteiger partial charge < -0.3 is 19.6 Å². The number of rotatable bonds is 10. The Morgan fingerprint density at radius 1 is 1.11 bits per heavy atom. The molecule has 2 aromatic carbocycles. The third-order valence-corrected chi connectivity index (χ3v) is 9.02. The lowest BCUT2D eigenvalue weighted by molar-refractivity contribution is -0.185. The Balaban J connectivity index is 1.48. The SMILES string of the molecule is CCC(Oc1c(F)cc(C2=NOC(C=O)N2)c(OC)c1F)c1sc(-c2ccc(C(F)(F)F)cc2)nc1CN1CCC(C(F)(F)F)CC1. The molecule has 0 spiro atoms. The molecule has 3 aromatic rings. The molecule has 1 fully saturated rings. The highest BCUT2D eigenvalue weighted by Crippen LogP contribution is 2.42. The Hall–Kier alpha value is -3.99. The van der Waals surface area contributed by atoms with Gasteiger partial charge in [0.15, 0.2) is 29.4 Å². The van der Waals surface area contributed by atoms with Crippen molar-refractivity contribution in [2.24, 2.45) is 11.1 Å². The quantitative estimate of drug-likeness (QED) is 0.177. The van der Waals surface area contributed by atoms with Crippen molar-refractivity contribution < 1.29 is 54.2 Å². The second kappa shape index (κ2) is 13.6. The molecule has 47 heavy (non-hydrogen) atoms. The number of hydrogen-bond acceptors (Lipinski definition) is 9. The van der Waals surface area contributed by atoms with Crippen LogP contribution >= 0.6 is 11.3 Å². The van der Waals surface area contributed by atoms with Crippen molar-refractivity contribution in [3.63, 3.8) is 0 Å². The number of hydrogen-bond donors (Lipinski definition) is 1. The normalized spacial score (nSPS) is 18.3. The van der Waals surface area contributed by atoms with Crippen LogP contribution in [0.5, 0.6) is 11.5 Å². The van der Waals surface area contributed by atoms with Gasteiger partial charge in [-0.05, 0) is 50.6 Å². The molecule has 17 heteroatoms. The van der Waals surface area contributed by atoms with Crippen molar-refractivity contribution in [2.45, 2.75) is 57.4 Å². The van der Waals surface area contributed by atoms with Gasteiger partial charge in [-0.2, -0.15) is 30.7 Å². The van der Waals surface area contributed by atoms with Gasteiger partial charge in [0.1, 0.15) is 11.1 Å². The largest absolute Gasteiger partial charge is 0.493 e. The molecule has 3 heterocycles. The summed E-state index contributed by atoms with van der Waals surface area (Å²) in [6.07, 6.45) is -10.8. The third kappa shape index (κ3) is 7.45. The van der Waals surface area contributed by atoms with E-state index in [0.717, 1.165) is 36.6 Å². The predicted molar refractivity (Wildman–Crippen MR) is 154 cm³/mol. The molecule has 8 nitrogen and oxygen atoms in total. The third-order valence-electron chi connectivity index (χ3n) is 7.78. The number of aldehydes is 1. The molecule has 0 amide bonds. The zero-order valence-electron chi connectivity index (χ0n) is 24.8. The molecular weight excluding hydrogens is 664 g/mol. The van der Waals surface area contributed by atoms with Crippen molar-refractivity contribution in [2.75, 3.05) is 20.2 Å². The summed E-state index contributed by atoms with van der Waals surface area (Å²) in [5.74, 6) is -5.21. The second-order valence-electron chi connectivity index (χ2n) is 10.8. The zero-order valence-corrected chi connectivity index (χ0v) is 25.7. The van der Waals surface area contributed by atoms with Crippen LogP contribution in [0.2, 0.25) is 0 Å². The van der Waals surface area contributed by atoms with Crippen molar-refractivity contribution in [3.05, 3.63) is 63.7 Å². The Kier molecular flexibility index (Phi) is 9.96. The number of methoxy groups -OCH3 is 1. The van der Waals surface area contributed by atoms with Crippen molar-refractivity contribution in [3.8, 4) is 22.1 Å². The standard InChI is InChI=1S/C30H28F8N4O4S/c1-3-21(45-25-19(31)12-18(24(44-2)23(25)32)27-40-22(14-43)46-41-27)26-20(13-42-10-8-17(9-11-42)30(36,37)38)39-28(47-26)15-4-6-16(7-5-15)29(33,34)35/h4-7,12,14,17,21-22H,3,8-11,13H2,1-2H3,(H,40,41). The van der Waals surface area contributed by atoms with Gasteiger partial charge in [-0.25, -0.2) is 9.37 Å². The van der Waals surface area contributed by atoms with Gasteiger partial charge in [-0.3, -0.25) is 9.69 Å². The Labute approximate surface area is 267 Å². The molecular formula is C30H28F8N4O4S. The van der Waals surface area contributed by atoms with Crippen LogP contribution in [0.25, 0.3) is 10.6 Å². The first-order valence-electron chi connectivity index (χ1n) is 14.4. The number of likely N-dealkylation sites (tertiary alicyclic amines) is 1. The van der Waals surface area contributed by atoms with E-state index < -0.39 is 59.3 Å². The first-order chi connectivity index (χ1) is 22.2. The van der Waals surface area contributed by atoms with E-state index in [-0.39, 0.29) is 50.3 Å². The number of aromatic nitrogens is 1. The fourth-order valence-electron chi connectivity index (χ4n) is 5.30. The first kappa shape index (κ1) is 34.3. The molecule has 1 N–H and O–H groups in total. The first-order valence-corrected chi connectivity index (χ1v) is 15.2. The topological polar surface area (TPSA) is 85.3 Å². The van der Waals surface area contributed by atoms with Crippen LogP contribution in [-0.4, -0.2) is 54.6 Å². The summed E-state index contributed by atoms with van der Waals surface area (Å²) in [7, 11) is 1.13. The molecule has 2 unspecified atom stereocenters. The highest BCUT2D eigenvalue weighted by molar-refractivity contribution is 7.15. The van der Waals surface area contributed by atoms with E-state index in [1.165, 1.54) is 12.1 Å². The molecule has 2 aliphatic heterocycles. The van der Waals surface area contributed by atoms with Gasteiger partial charge >= 0.3 is 12.4 Å². The smallest absolute Gasteiger partial charge is 0.416 e.